The molecule has 1 saturated heterocycles. The Hall–Kier alpha value is -3.22. The molecule has 2 amide bonds. The number of benzene rings is 2. The molecule has 136 valence electrons. The lowest BCUT2D eigenvalue weighted by Gasteiger charge is -2.30. The van der Waals surface area contributed by atoms with Crippen LogP contribution >= 0.6 is 0 Å². The topological polar surface area (TPSA) is 79.9 Å². The van der Waals surface area contributed by atoms with Gasteiger partial charge < -0.3 is 25.0 Å². The van der Waals surface area contributed by atoms with Crippen molar-refractivity contribution < 1.29 is 19.1 Å². The molecular formula is C19H21N3O4. The highest BCUT2D eigenvalue weighted by molar-refractivity contribution is 6.06. The summed E-state index contributed by atoms with van der Waals surface area (Å²) in [6, 6.07) is 12.4. The summed E-state index contributed by atoms with van der Waals surface area (Å²) in [5.74, 6) is 0.752. The van der Waals surface area contributed by atoms with E-state index < -0.39 is 0 Å². The summed E-state index contributed by atoms with van der Waals surface area (Å²) >= 11 is 0. The van der Waals surface area contributed by atoms with Gasteiger partial charge in [-0.1, -0.05) is 12.1 Å². The molecule has 1 heterocycles. The third-order valence-electron chi connectivity index (χ3n) is 4.18. The number of anilines is 2. The molecule has 0 atom stereocenters. The molecule has 0 radical (unpaired) electrons. The first-order chi connectivity index (χ1) is 12.6. The van der Waals surface area contributed by atoms with Crippen LogP contribution in [0.1, 0.15) is 10.4 Å². The van der Waals surface area contributed by atoms with Crippen molar-refractivity contribution in [3.8, 4) is 11.5 Å². The van der Waals surface area contributed by atoms with Gasteiger partial charge >= 0.3 is 0 Å². The Kier molecular flexibility index (Phi) is 5.26. The lowest BCUT2D eigenvalue weighted by Crippen LogP contribution is -2.47. The van der Waals surface area contributed by atoms with E-state index in [4.69, 9.17) is 9.47 Å². The van der Waals surface area contributed by atoms with Crippen LogP contribution in [0, 0.1) is 0 Å². The highest BCUT2D eigenvalue weighted by Gasteiger charge is 2.20. The van der Waals surface area contributed by atoms with Gasteiger partial charge in [-0.2, -0.15) is 0 Å². The van der Waals surface area contributed by atoms with E-state index in [0.29, 0.717) is 35.8 Å². The monoisotopic (exact) mass is 355 g/mol. The molecular weight excluding hydrogens is 334 g/mol. The number of piperazine rings is 1. The quantitative estimate of drug-likeness (QED) is 0.856. The SMILES string of the molecule is COc1ccc(C(=O)Nc2ccccc2N2CCNC(=O)C2)cc1OC. The molecule has 7 nitrogen and oxygen atoms in total. The van der Waals surface area contributed by atoms with Crippen molar-refractivity contribution in [1.29, 1.82) is 0 Å². The lowest BCUT2D eigenvalue weighted by molar-refractivity contribution is -0.120. The number of methoxy groups -OCH3 is 2. The van der Waals surface area contributed by atoms with Gasteiger partial charge in [0.2, 0.25) is 5.91 Å². The molecule has 2 N–H and O–H groups in total. The Bertz CT molecular complexity index is 822. The zero-order valence-corrected chi connectivity index (χ0v) is 14.7. The molecule has 7 heteroatoms. The zero-order valence-electron chi connectivity index (χ0n) is 14.7. The summed E-state index contributed by atoms with van der Waals surface area (Å²) in [5, 5.41) is 5.72. The van der Waals surface area contributed by atoms with Crippen LogP contribution < -0.4 is 25.0 Å². The average Bonchev–Trinajstić information content (AvgIpc) is 2.67. The van der Waals surface area contributed by atoms with Crippen molar-refractivity contribution in [2.24, 2.45) is 0 Å². The second kappa shape index (κ2) is 7.77. The number of amides is 2. The minimum absolute atomic E-state index is 0.0303. The fourth-order valence-corrected chi connectivity index (χ4v) is 2.87. The van der Waals surface area contributed by atoms with E-state index in [-0.39, 0.29) is 18.4 Å². The number of nitrogens with zero attached hydrogens (tertiary/aromatic N) is 1. The zero-order chi connectivity index (χ0) is 18.5. The summed E-state index contributed by atoms with van der Waals surface area (Å²) in [4.78, 5) is 26.3. The first-order valence-electron chi connectivity index (χ1n) is 8.26. The van der Waals surface area contributed by atoms with E-state index in [9.17, 15) is 9.59 Å². The number of nitrogens with one attached hydrogen (secondary N) is 2. The van der Waals surface area contributed by atoms with Crippen molar-refractivity contribution in [2.75, 3.05) is 44.1 Å². The van der Waals surface area contributed by atoms with Crippen molar-refractivity contribution in [3.05, 3.63) is 48.0 Å². The van der Waals surface area contributed by atoms with Gasteiger partial charge in [-0.25, -0.2) is 0 Å². The third kappa shape index (κ3) is 3.72. The predicted molar refractivity (Wildman–Crippen MR) is 99.2 cm³/mol. The molecule has 1 aliphatic heterocycles. The number of ether oxygens (including phenoxy) is 2. The molecule has 3 rings (SSSR count). The predicted octanol–water partition coefficient (Wildman–Crippen LogP) is 1.89. The molecule has 0 spiro atoms. The Balaban J connectivity index is 1.83. The van der Waals surface area contributed by atoms with Crippen molar-refractivity contribution in [1.82, 2.24) is 5.32 Å². The van der Waals surface area contributed by atoms with Crippen LogP contribution in [-0.2, 0) is 4.79 Å². The van der Waals surface area contributed by atoms with E-state index >= 15 is 0 Å². The normalized spacial score (nSPS) is 13.8. The smallest absolute Gasteiger partial charge is 0.255 e. The Labute approximate surface area is 151 Å². The maximum absolute atomic E-state index is 12.7. The Morgan fingerprint density at radius 1 is 1.12 bits per heavy atom. The van der Waals surface area contributed by atoms with Gasteiger partial charge in [0, 0.05) is 18.7 Å². The van der Waals surface area contributed by atoms with Gasteiger partial charge in [0.15, 0.2) is 11.5 Å². The molecule has 0 bridgehead atoms. The van der Waals surface area contributed by atoms with Gasteiger partial charge in [0.05, 0.1) is 32.1 Å². The number of hydrogen-bond acceptors (Lipinski definition) is 5. The third-order valence-corrected chi connectivity index (χ3v) is 4.18. The molecule has 0 saturated carbocycles. The largest absolute Gasteiger partial charge is 0.493 e. The minimum Gasteiger partial charge on any atom is -0.493 e. The molecule has 2 aromatic rings. The summed E-state index contributed by atoms with van der Waals surface area (Å²) in [6.45, 7) is 1.54. The second-order valence-electron chi connectivity index (χ2n) is 5.81. The number of carbonyl (C=O) groups is 2. The molecule has 1 aliphatic rings. The standard InChI is InChI=1S/C19H21N3O4/c1-25-16-8-7-13(11-17(16)26-2)19(24)21-14-5-3-4-6-15(14)22-10-9-20-18(23)12-22/h3-8,11H,9-10,12H2,1-2H3,(H,20,23)(H,21,24). The van der Waals surface area contributed by atoms with Gasteiger partial charge in [-0.05, 0) is 30.3 Å². The maximum Gasteiger partial charge on any atom is 0.255 e. The van der Waals surface area contributed by atoms with Crippen molar-refractivity contribution in [2.45, 2.75) is 0 Å². The van der Waals surface area contributed by atoms with Crippen LogP contribution in [-0.4, -0.2) is 45.7 Å². The minimum atomic E-state index is -0.264. The fourth-order valence-electron chi connectivity index (χ4n) is 2.87. The summed E-state index contributed by atoms with van der Waals surface area (Å²) in [5.41, 5.74) is 1.92. The van der Waals surface area contributed by atoms with E-state index in [1.807, 2.05) is 29.2 Å². The fraction of sp³-hybridized carbons (Fsp3) is 0.263. The molecule has 26 heavy (non-hydrogen) atoms. The van der Waals surface area contributed by atoms with Gasteiger partial charge in [-0.15, -0.1) is 0 Å². The summed E-state index contributed by atoms with van der Waals surface area (Å²) in [6.07, 6.45) is 0. The molecule has 0 unspecified atom stereocenters. The molecule has 0 aliphatic carbocycles. The van der Waals surface area contributed by atoms with E-state index in [2.05, 4.69) is 10.6 Å². The van der Waals surface area contributed by atoms with E-state index in [1.54, 1.807) is 25.3 Å². The van der Waals surface area contributed by atoms with Crippen molar-refractivity contribution in [3.63, 3.8) is 0 Å². The molecule has 0 aromatic heterocycles. The Morgan fingerprint density at radius 3 is 2.62 bits per heavy atom. The highest BCUT2D eigenvalue weighted by Crippen LogP contribution is 2.29. The number of rotatable bonds is 5. The highest BCUT2D eigenvalue weighted by atomic mass is 16.5. The van der Waals surface area contributed by atoms with Crippen LogP contribution in [0.15, 0.2) is 42.5 Å². The van der Waals surface area contributed by atoms with Crippen molar-refractivity contribution >= 4 is 23.2 Å². The first kappa shape index (κ1) is 17.6. The number of hydrogen-bond donors (Lipinski definition) is 2. The summed E-state index contributed by atoms with van der Waals surface area (Å²) < 4.78 is 10.4. The number of para-hydroxylation sites is 2. The van der Waals surface area contributed by atoms with Crippen LogP contribution in [0.25, 0.3) is 0 Å². The lowest BCUT2D eigenvalue weighted by atomic mass is 10.1. The van der Waals surface area contributed by atoms with Crippen LogP contribution in [0.4, 0.5) is 11.4 Å². The molecule has 2 aromatic carbocycles. The van der Waals surface area contributed by atoms with E-state index in [1.165, 1.54) is 7.11 Å². The van der Waals surface area contributed by atoms with Crippen LogP contribution in [0.2, 0.25) is 0 Å². The van der Waals surface area contributed by atoms with Gasteiger partial charge in [0.25, 0.3) is 5.91 Å². The Morgan fingerprint density at radius 2 is 1.88 bits per heavy atom. The summed E-state index contributed by atoms with van der Waals surface area (Å²) in [7, 11) is 3.07. The molecule has 1 fully saturated rings. The maximum atomic E-state index is 12.7. The van der Waals surface area contributed by atoms with Crippen LogP contribution in [0.5, 0.6) is 11.5 Å². The number of carbonyl (C=O) groups excluding carboxylic acids is 2. The van der Waals surface area contributed by atoms with E-state index in [0.717, 1.165) is 5.69 Å². The van der Waals surface area contributed by atoms with Gasteiger partial charge in [-0.3, -0.25) is 9.59 Å². The van der Waals surface area contributed by atoms with Gasteiger partial charge in [0.1, 0.15) is 0 Å². The average molecular weight is 355 g/mol. The second-order valence-corrected chi connectivity index (χ2v) is 5.81. The first-order valence-corrected chi connectivity index (χ1v) is 8.26. The van der Waals surface area contributed by atoms with Crippen LogP contribution in [0.3, 0.4) is 0 Å².